The van der Waals surface area contributed by atoms with Gasteiger partial charge in [-0.15, -0.1) is 0 Å². The van der Waals surface area contributed by atoms with Crippen LogP contribution in [0.4, 0.5) is 0 Å². The molecule has 0 aromatic carbocycles. The summed E-state index contributed by atoms with van der Waals surface area (Å²) >= 11 is 0. The average Bonchev–Trinajstić information content (AvgIpc) is 2.48. The second kappa shape index (κ2) is 5.80. The minimum Gasteiger partial charge on any atom is -0.462 e. The second-order valence-corrected chi connectivity index (χ2v) is 4.34. The van der Waals surface area contributed by atoms with Crippen molar-refractivity contribution in [2.24, 2.45) is 11.8 Å². The Labute approximate surface area is 100 Å². The molecule has 1 aliphatic rings. The third kappa shape index (κ3) is 3.28. The minimum absolute atomic E-state index is 0.439. The van der Waals surface area contributed by atoms with E-state index in [-0.39, 0.29) is 0 Å². The highest BCUT2D eigenvalue weighted by atomic mass is 16.6. The van der Waals surface area contributed by atoms with Crippen LogP contribution in [0.1, 0.15) is 40.0 Å². The van der Waals surface area contributed by atoms with Gasteiger partial charge in [-0.3, -0.25) is 14.4 Å². The van der Waals surface area contributed by atoms with Gasteiger partial charge in [0.05, 0.1) is 5.92 Å². The van der Waals surface area contributed by atoms with Crippen LogP contribution < -0.4 is 0 Å². The number of rotatable bonds is 5. The molecule has 0 radical (unpaired) electrons. The molecule has 5 heteroatoms. The minimum atomic E-state index is -0.655. The molecule has 5 nitrogen and oxygen atoms in total. The van der Waals surface area contributed by atoms with Crippen molar-refractivity contribution in [3.8, 4) is 0 Å². The van der Waals surface area contributed by atoms with Gasteiger partial charge in [-0.25, -0.2) is 0 Å². The standard InChI is InChI=1S/C12H18O5/c1-4-5-6-9(16-8(3)13)10-7(2)11(14)17-12(10)15/h7,9-10H,4-6H2,1-3H3. The highest BCUT2D eigenvalue weighted by Crippen LogP contribution is 2.30. The molecule has 1 rings (SSSR count). The molecule has 3 atom stereocenters. The Kier molecular flexibility index (Phi) is 4.66. The third-order valence-electron chi connectivity index (χ3n) is 2.94. The van der Waals surface area contributed by atoms with Gasteiger partial charge in [0.15, 0.2) is 0 Å². The Bertz CT molecular complexity index is 323. The zero-order chi connectivity index (χ0) is 13.0. The van der Waals surface area contributed by atoms with Crippen molar-refractivity contribution in [1.29, 1.82) is 0 Å². The number of esters is 3. The summed E-state index contributed by atoms with van der Waals surface area (Å²) in [4.78, 5) is 33.8. The van der Waals surface area contributed by atoms with Crippen molar-refractivity contribution in [3.63, 3.8) is 0 Å². The predicted octanol–water partition coefficient (Wildman–Crippen LogP) is 1.44. The molecule has 1 fully saturated rings. The molecule has 0 saturated carbocycles. The molecule has 17 heavy (non-hydrogen) atoms. The van der Waals surface area contributed by atoms with E-state index < -0.39 is 35.8 Å². The van der Waals surface area contributed by atoms with Crippen LogP contribution in [0.2, 0.25) is 0 Å². The van der Waals surface area contributed by atoms with E-state index in [4.69, 9.17) is 4.74 Å². The normalized spacial score (nSPS) is 25.6. The Morgan fingerprint density at radius 2 is 2.06 bits per heavy atom. The van der Waals surface area contributed by atoms with Gasteiger partial charge in [0.2, 0.25) is 0 Å². The van der Waals surface area contributed by atoms with E-state index in [9.17, 15) is 14.4 Å². The number of hydrogen-bond donors (Lipinski definition) is 0. The zero-order valence-corrected chi connectivity index (χ0v) is 10.4. The number of carbonyl (C=O) groups excluding carboxylic acids is 3. The molecular weight excluding hydrogens is 224 g/mol. The van der Waals surface area contributed by atoms with Gasteiger partial charge in [0.25, 0.3) is 0 Å². The van der Waals surface area contributed by atoms with Gasteiger partial charge in [-0.05, 0) is 6.42 Å². The van der Waals surface area contributed by atoms with Crippen molar-refractivity contribution >= 4 is 17.9 Å². The van der Waals surface area contributed by atoms with Crippen LogP contribution in [0.15, 0.2) is 0 Å². The molecule has 0 bridgehead atoms. The Balaban J connectivity index is 2.77. The molecule has 1 heterocycles. The van der Waals surface area contributed by atoms with E-state index in [1.165, 1.54) is 6.92 Å². The number of carbonyl (C=O) groups is 3. The SMILES string of the molecule is CCCCC(OC(C)=O)C1C(=O)OC(=O)C1C. The highest BCUT2D eigenvalue weighted by Gasteiger charge is 2.47. The van der Waals surface area contributed by atoms with Crippen LogP contribution in [0.3, 0.4) is 0 Å². The fourth-order valence-corrected chi connectivity index (χ4v) is 2.01. The topological polar surface area (TPSA) is 69.7 Å². The first-order chi connectivity index (χ1) is 7.97. The number of cyclic esters (lactones) is 2. The van der Waals surface area contributed by atoms with E-state index in [1.54, 1.807) is 6.92 Å². The highest BCUT2D eigenvalue weighted by molar-refractivity contribution is 5.96. The van der Waals surface area contributed by atoms with Crippen molar-refractivity contribution in [2.75, 3.05) is 0 Å². The van der Waals surface area contributed by atoms with E-state index in [2.05, 4.69) is 4.74 Å². The molecule has 0 spiro atoms. The molecule has 1 aliphatic heterocycles. The fourth-order valence-electron chi connectivity index (χ4n) is 2.01. The van der Waals surface area contributed by atoms with Gasteiger partial charge in [0, 0.05) is 6.92 Å². The van der Waals surface area contributed by atoms with E-state index in [1.807, 2.05) is 6.92 Å². The zero-order valence-electron chi connectivity index (χ0n) is 10.4. The number of ether oxygens (including phenoxy) is 2. The molecule has 1 saturated heterocycles. The lowest BCUT2D eigenvalue weighted by atomic mass is 9.88. The van der Waals surface area contributed by atoms with Gasteiger partial charge < -0.3 is 9.47 Å². The maximum Gasteiger partial charge on any atom is 0.321 e. The largest absolute Gasteiger partial charge is 0.462 e. The van der Waals surface area contributed by atoms with Gasteiger partial charge in [-0.2, -0.15) is 0 Å². The summed E-state index contributed by atoms with van der Waals surface area (Å²) in [5.41, 5.74) is 0. The Hall–Kier alpha value is -1.39. The van der Waals surface area contributed by atoms with Crippen molar-refractivity contribution in [2.45, 2.75) is 46.1 Å². The van der Waals surface area contributed by atoms with E-state index in [0.717, 1.165) is 12.8 Å². The first-order valence-corrected chi connectivity index (χ1v) is 5.90. The average molecular weight is 242 g/mol. The van der Waals surface area contributed by atoms with Crippen molar-refractivity contribution < 1.29 is 23.9 Å². The molecule has 0 aromatic heterocycles. The lowest BCUT2D eigenvalue weighted by Crippen LogP contribution is -2.33. The van der Waals surface area contributed by atoms with Gasteiger partial charge >= 0.3 is 17.9 Å². The third-order valence-corrected chi connectivity index (χ3v) is 2.94. The lowest BCUT2D eigenvalue weighted by Gasteiger charge is -2.22. The van der Waals surface area contributed by atoms with Gasteiger partial charge in [0.1, 0.15) is 12.0 Å². The monoisotopic (exact) mass is 242 g/mol. The first kappa shape index (κ1) is 13.7. The first-order valence-electron chi connectivity index (χ1n) is 5.90. The van der Waals surface area contributed by atoms with Crippen LogP contribution in [0.5, 0.6) is 0 Å². The maximum atomic E-state index is 11.5. The van der Waals surface area contributed by atoms with Gasteiger partial charge in [-0.1, -0.05) is 26.7 Å². The molecule has 0 amide bonds. The molecule has 0 aliphatic carbocycles. The van der Waals surface area contributed by atoms with Crippen LogP contribution in [-0.4, -0.2) is 24.0 Å². The van der Waals surface area contributed by atoms with Crippen molar-refractivity contribution in [3.05, 3.63) is 0 Å². The summed E-state index contributed by atoms with van der Waals surface area (Å²) in [6, 6.07) is 0. The number of hydrogen-bond acceptors (Lipinski definition) is 5. The fraction of sp³-hybridized carbons (Fsp3) is 0.750. The summed E-state index contributed by atoms with van der Waals surface area (Å²) in [7, 11) is 0. The van der Waals surface area contributed by atoms with Crippen LogP contribution >= 0.6 is 0 Å². The predicted molar refractivity (Wildman–Crippen MR) is 58.8 cm³/mol. The second-order valence-electron chi connectivity index (χ2n) is 4.34. The molecule has 0 N–H and O–H groups in total. The Morgan fingerprint density at radius 1 is 1.41 bits per heavy atom. The lowest BCUT2D eigenvalue weighted by molar-refractivity contribution is -0.157. The van der Waals surface area contributed by atoms with Crippen LogP contribution in [0, 0.1) is 11.8 Å². The summed E-state index contributed by atoms with van der Waals surface area (Å²) in [6.07, 6.45) is 1.79. The molecule has 96 valence electrons. The number of unbranched alkanes of at least 4 members (excludes halogenated alkanes) is 1. The summed E-state index contributed by atoms with van der Waals surface area (Å²) in [6.45, 7) is 4.93. The van der Waals surface area contributed by atoms with Crippen LogP contribution in [-0.2, 0) is 23.9 Å². The quantitative estimate of drug-likeness (QED) is 0.539. The van der Waals surface area contributed by atoms with E-state index >= 15 is 0 Å². The smallest absolute Gasteiger partial charge is 0.321 e. The van der Waals surface area contributed by atoms with Crippen molar-refractivity contribution in [1.82, 2.24) is 0 Å². The summed E-state index contributed by atoms with van der Waals surface area (Å²) in [5.74, 6) is -2.74. The summed E-state index contributed by atoms with van der Waals surface area (Å²) < 4.78 is 9.69. The maximum absolute atomic E-state index is 11.5. The van der Waals surface area contributed by atoms with E-state index in [0.29, 0.717) is 6.42 Å². The summed E-state index contributed by atoms with van der Waals surface area (Å²) in [5, 5.41) is 0. The van der Waals surface area contributed by atoms with Crippen LogP contribution in [0.25, 0.3) is 0 Å². The Morgan fingerprint density at radius 3 is 2.47 bits per heavy atom. The molecule has 0 aromatic rings. The molecular formula is C12H18O5. The molecule has 3 unspecified atom stereocenters.